The van der Waals surface area contributed by atoms with Gasteiger partial charge in [0, 0.05) is 0 Å². The number of hydrogen-bond acceptors (Lipinski definition) is 4. The van der Waals surface area contributed by atoms with Crippen molar-refractivity contribution in [1.82, 2.24) is 5.06 Å². The molecule has 0 bridgehead atoms. The van der Waals surface area contributed by atoms with Gasteiger partial charge in [0.05, 0.1) is 11.1 Å². The second-order valence-corrected chi connectivity index (χ2v) is 3.40. The highest BCUT2D eigenvalue weighted by Gasteiger charge is 2.37. The van der Waals surface area contributed by atoms with Gasteiger partial charge in [0.2, 0.25) is 0 Å². The number of imide groups is 1. The maximum atomic E-state index is 11.7. The molecule has 82 valence electrons. The van der Waals surface area contributed by atoms with Crippen LogP contribution in [0.3, 0.4) is 0 Å². The van der Waals surface area contributed by atoms with Crippen molar-refractivity contribution >= 4 is 18.1 Å². The van der Waals surface area contributed by atoms with Gasteiger partial charge in [-0.2, -0.15) is 0 Å². The summed E-state index contributed by atoms with van der Waals surface area (Å²) in [6.07, 6.45) is -0.314. The molecule has 5 nitrogen and oxygen atoms in total. The summed E-state index contributed by atoms with van der Waals surface area (Å²) >= 11 is 0. The van der Waals surface area contributed by atoms with Gasteiger partial charge >= 0.3 is 0 Å². The number of benzene rings is 1. The first-order valence-corrected chi connectivity index (χ1v) is 4.75. The number of carbonyl (C=O) groups is 3. The Morgan fingerprint density at radius 2 is 1.69 bits per heavy atom. The van der Waals surface area contributed by atoms with Gasteiger partial charge in [0.1, 0.15) is 6.10 Å². The Morgan fingerprint density at radius 3 is 2.12 bits per heavy atom. The molecule has 16 heavy (non-hydrogen) atoms. The van der Waals surface area contributed by atoms with Gasteiger partial charge in [-0.05, 0) is 19.1 Å². The molecule has 2 amide bonds. The molecule has 0 saturated carbocycles. The summed E-state index contributed by atoms with van der Waals surface area (Å²) in [5.41, 5.74) is 0.594. The zero-order valence-electron chi connectivity index (χ0n) is 8.54. The van der Waals surface area contributed by atoms with Gasteiger partial charge in [-0.3, -0.25) is 14.4 Å². The fourth-order valence-electron chi connectivity index (χ4n) is 1.45. The van der Waals surface area contributed by atoms with Crippen LogP contribution in [-0.4, -0.2) is 29.3 Å². The lowest BCUT2D eigenvalue weighted by Gasteiger charge is -2.14. The first-order chi connectivity index (χ1) is 7.65. The highest BCUT2D eigenvalue weighted by Crippen LogP contribution is 2.22. The van der Waals surface area contributed by atoms with E-state index in [4.69, 9.17) is 4.84 Å². The van der Waals surface area contributed by atoms with Crippen molar-refractivity contribution in [3.63, 3.8) is 0 Å². The molecule has 0 N–H and O–H groups in total. The molecule has 0 aliphatic carbocycles. The number of nitrogens with zero attached hydrogens (tertiary/aromatic N) is 1. The fraction of sp³-hybridized carbons (Fsp3) is 0.182. The van der Waals surface area contributed by atoms with E-state index in [1.165, 1.54) is 6.92 Å². The number of rotatable bonds is 3. The van der Waals surface area contributed by atoms with Crippen molar-refractivity contribution in [2.24, 2.45) is 0 Å². The summed E-state index contributed by atoms with van der Waals surface area (Å²) in [7, 11) is 0. The lowest BCUT2D eigenvalue weighted by Crippen LogP contribution is -2.34. The van der Waals surface area contributed by atoms with E-state index in [-0.39, 0.29) is 0 Å². The van der Waals surface area contributed by atoms with Crippen LogP contribution in [0.5, 0.6) is 0 Å². The molecule has 0 spiro atoms. The van der Waals surface area contributed by atoms with E-state index in [1.54, 1.807) is 24.3 Å². The lowest BCUT2D eigenvalue weighted by molar-refractivity contribution is -0.144. The minimum Gasteiger partial charge on any atom is -0.300 e. The number of carbonyl (C=O) groups excluding carboxylic acids is 3. The Kier molecular flexibility index (Phi) is 2.54. The molecule has 1 heterocycles. The number of aldehydes is 1. The molecular weight excluding hydrogens is 210 g/mol. The van der Waals surface area contributed by atoms with Crippen molar-refractivity contribution in [1.29, 1.82) is 0 Å². The zero-order chi connectivity index (χ0) is 11.7. The minimum absolute atomic E-state index is 0.297. The summed E-state index contributed by atoms with van der Waals surface area (Å²) in [5.74, 6) is -1.07. The molecule has 1 unspecified atom stereocenters. The van der Waals surface area contributed by atoms with E-state index in [9.17, 15) is 14.4 Å². The zero-order valence-corrected chi connectivity index (χ0v) is 8.54. The van der Waals surface area contributed by atoms with Crippen molar-refractivity contribution in [2.75, 3.05) is 0 Å². The molecule has 1 aromatic carbocycles. The van der Waals surface area contributed by atoms with Crippen molar-refractivity contribution in [3.05, 3.63) is 35.4 Å². The SMILES string of the molecule is CC(C=O)ON1C(=O)c2ccccc2C1=O. The molecule has 1 aliphatic rings. The Labute approximate surface area is 91.6 Å². The van der Waals surface area contributed by atoms with Crippen molar-refractivity contribution in [3.8, 4) is 0 Å². The standard InChI is InChI=1S/C11H9NO4/c1-7(6-13)16-12-10(14)8-4-2-3-5-9(8)11(12)15/h2-7H,1H3. The molecule has 0 saturated heterocycles. The molecule has 5 heteroatoms. The van der Waals surface area contributed by atoms with Crippen LogP contribution in [0.4, 0.5) is 0 Å². The average Bonchev–Trinajstić information content (AvgIpc) is 2.55. The number of fused-ring (bicyclic) bond motifs is 1. The van der Waals surface area contributed by atoms with E-state index >= 15 is 0 Å². The first-order valence-electron chi connectivity index (χ1n) is 4.75. The molecule has 0 aromatic heterocycles. The third kappa shape index (κ3) is 1.51. The number of amides is 2. The summed E-state index contributed by atoms with van der Waals surface area (Å²) in [5, 5.41) is 0.629. The largest absolute Gasteiger partial charge is 0.300 e. The van der Waals surface area contributed by atoms with Gasteiger partial charge in [0.15, 0.2) is 6.29 Å². The first kappa shape index (κ1) is 10.5. The van der Waals surface area contributed by atoms with E-state index < -0.39 is 17.9 Å². The van der Waals surface area contributed by atoms with Crippen LogP contribution >= 0.6 is 0 Å². The third-order valence-electron chi connectivity index (χ3n) is 2.22. The molecule has 1 aliphatic heterocycles. The summed E-state index contributed by atoms with van der Waals surface area (Å²) in [6.45, 7) is 1.45. The second-order valence-electron chi connectivity index (χ2n) is 3.40. The topological polar surface area (TPSA) is 63.7 Å². The second kappa shape index (κ2) is 3.86. The van der Waals surface area contributed by atoms with E-state index in [0.29, 0.717) is 22.5 Å². The predicted molar refractivity (Wildman–Crippen MR) is 53.6 cm³/mol. The Hall–Kier alpha value is -2.01. The quantitative estimate of drug-likeness (QED) is 0.557. The summed E-state index contributed by atoms with van der Waals surface area (Å²) in [4.78, 5) is 38.8. The third-order valence-corrected chi connectivity index (χ3v) is 2.22. The number of hydrogen-bond donors (Lipinski definition) is 0. The predicted octanol–water partition coefficient (Wildman–Crippen LogP) is 0.802. The van der Waals surface area contributed by atoms with Gasteiger partial charge < -0.3 is 4.79 Å². The van der Waals surface area contributed by atoms with Crippen LogP contribution in [-0.2, 0) is 9.63 Å². The molecule has 1 atom stereocenters. The molecule has 1 aromatic rings. The normalized spacial score (nSPS) is 16.2. The summed E-state index contributed by atoms with van der Waals surface area (Å²) < 4.78 is 0. The van der Waals surface area contributed by atoms with Crippen LogP contribution in [0.15, 0.2) is 24.3 Å². The highest BCUT2D eigenvalue weighted by atomic mass is 16.7. The Balaban J connectivity index is 2.31. The van der Waals surface area contributed by atoms with Gasteiger partial charge in [-0.1, -0.05) is 12.1 Å². The summed E-state index contributed by atoms with van der Waals surface area (Å²) in [6, 6.07) is 6.42. The highest BCUT2D eigenvalue weighted by molar-refractivity contribution is 6.20. The van der Waals surface area contributed by atoms with Gasteiger partial charge in [-0.25, -0.2) is 0 Å². The minimum atomic E-state index is -0.831. The Morgan fingerprint density at radius 1 is 1.19 bits per heavy atom. The number of hydroxylamine groups is 2. The van der Waals surface area contributed by atoms with Crippen LogP contribution in [0, 0.1) is 0 Å². The lowest BCUT2D eigenvalue weighted by atomic mass is 10.1. The molecule has 0 fully saturated rings. The fourth-order valence-corrected chi connectivity index (χ4v) is 1.45. The maximum Gasteiger partial charge on any atom is 0.285 e. The van der Waals surface area contributed by atoms with Crippen LogP contribution in [0.1, 0.15) is 27.6 Å². The average molecular weight is 219 g/mol. The van der Waals surface area contributed by atoms with Gasteiger partial charge in [0.25, 0.3) is 11.8 Å². The smallest absolute Gasteiger partial charge is 0.285 e. The van der Waals surface area contributed by atoms with Crippen LogP contribution in [0.2, 0.25) is 0 Å². The van der Waals surface area contributed by atoms with E-state index in [2.05, 4.69) is 0 Å². The van der Waals surface area contributed by atoms with Gasteiger partial charge in [-0.15, -0.1) is 5.06 Å². The monoisotopic (exact) mass is 219 g/mol. The van der Waals surface area contributed by atoms with Crippen LogP contribution in [0.25, 0.3) is 0 Å². The Bertz CT molecular complexity index is 434. The molecule has 2 rings (SSSR count). The van der Waals surface area contributed by atoms with Crippen molar-refractivity contribution < 1.29 is 19.2 Å². The van der Waals surface area contributed by atoms with E-state index in [1.807, 2.05) is 0 Å². The molecule has 0 radical (unpaired) electrons. The van der Waals surface area contributed by atoms with E-state index in [0.717, 1.165) is 0 Å². The maximum absolute atomic E-state index is 11.7. The van der Waals surface area contributed by atoms with Crippen LogP contribution < -0.4 is 0 Å². The van der Waals surface area contributed by atoms with Crippen molar-refractivity contribution in [2.45, 2.75) is 13.0 Å². The molecular formula is C11H9NO4.